The standard InChI is InChI=1S/C27H50N7O16P3S/c1-5-6-7-11-54(4)12-10-29-18(35)8-9-30-25(38)22(37)27(2,3)14-47-53(44,45)50-52(42,43)46-13-17-21(49-51(39,40)41)20(36)26(48-17)34-16-33-19-23(28)31-15-32-24(19)34/h15-17,20-22,26,36-37,54H,5-14H2,1-4H3,(H,29,35)(H,30,38)(H,42,43)(H,44,45)(H2,28,31,32)(H2,39,40,41)/t17-,20-,21-,22+,26-/m1/s1. The number of nitrogen functional groups attached to an aromatic ring is 1. The molecule has 10 N–H and O–H groups in total. The highest BCUT2D eigenvalue weighted by Gasteiger charge is 2.50. The Labute approximate surface area is 313 Å². The van der Waals surface area contributed by atoms with Gasteiger partial charge < -0.3 is 50.9 Å². The summed E-state index contributed by atoms with van der Waals surface area (Å²) in [6.45, 7) is 3.16. The van der Waals surface area contributed by atoms with Crippen molar-refractivity contribution in [3.63, 3.8) is 0 Å². The second-order valence-electron chi connectivity index (χ2n) is 13.1. The number of amides is 2. The van der Waals surface area contributed by atoms with Crippen molar-refractivity contribution in [2.45, 2.75) is 77.1 Å². The van der Waals surface area contributed by atoms with Crippen molar-refractivity contribution in [1.29, 1.82) is 0 Å². The number of aromatic nitrogens is 4. The maximum Gasteiger partial charge on any atom is 0.481 e. The number of nitrogens with two attached hydrogens (primary N) is 1. The van der Waals surface area contributed by atoms with Crippen molar-refractivity contribution in [1.82, 2.24) is 30.2 Å². The van der Waals surface area contributed by atoms with E-state index in [9.17, 15) is 53.1 Å². The SMILES string of the molecule is CCCCC[SH](C)CCNC(=O)CCNC(=O)[C@H](O)C(C)(C)COP(=O)(O)OP(=O)(O)OC[C@H]1O[C@@H](n2cnc3c(N)ncnc32)[C@H](O)[C@@H]1OP(=O)(O)O. The van der Waals surface area contributed by atoms with Crippen LogP contribution in [0.5, 0.6) is 0 Å². The number of nitrogens with one attached hydrogen (secondary N) is 2. The smallest absolute Gasteiger partial charge is 0.386 e. The van der Waals surface area contributed by atoms with E-state index >= 15 is 0 Å². The minimum Gasteiger partial charge on any atom is -0.386 e. The number of nitrogens with zero attached hydrogens (tertiary/aromatic N) is 4. The van der Waals surface area contributed by atoms with Gasteiger partial charge >= 0.3 is 23.5 Å². The zero-order valence-electron chi connectivity index (χ0n) is 30.0. The van der Waals surface area contributed by atoms with E-state index in [1.165, 1.54) is 20.3 Å². The fraction of sp³-hybridized carbons (Fsp3) is 0.741. The molecule has 0 spiro atoms. The number of aliphatic hydroxyl groups is 2. The van der Waals surface area contributed by atoms with Crippen molar-refractivity contribution in [3.05, 3.63) is 12.7 Å². The lowest BCUT2D eigenvalue weighted by Gasteiger charge is -2.30. The number of fused-ring (bicyclic) bond motifs is 1. The van der Waals surface area contributed by atoms with Crippen LogP contribution in [-0.4, -0.2) is 130 Å². The van der Waals surface area contributed by atoms with Crippen molar-refractivity contribution in [3.8, 4) is 0 Å². The molecule has 1 fully saturated rings. The Morgan fingerprint density at radius 3 is 2.41 bits per heavy atom. The predicted molar refractivity (Wildman–Crippen MR) is 194 cm³/mol. The van der Waals surface area contributed by atoms with Gasteiger partial charge in [0.2, 0.25) is 11.8 Å². The molecule has 8 atom stereocenters. The number of imidazole rings is 1. The molecule has 0 aromatic carbocycles. The molecule has 0 bridgehead atoms. The molecule has 3 heterocycles. The molecular weight excluding hydrogens is 803 g/mol. The lowest BCUT2D eigenvalue weighted by Crippen LogP contribution is -2.46. The van der Waals surface area contributed by atoms with Crippen LogP contribution >= 0.6 is 34.4 Å². The molecule has 0 saturated carbocycles. The van der Waals surface area contributed by atoms with Gasteiger partial charge in [-0.05, 0) is 24.2 Å². The van der Waals surface area contributed by atoms with E-state index in [1.807, 2.05) is 0 Å². The monoisotopic (exact) mass is 853 g/mol. The number of phosphoric acid groups is 3. The van der Waals surface area contributed by atoms with Gasteiger partial charge in [-0.2, -0.15) is 4.31 Å². The van der Waals surface area contributed by atoms with Crippen LogP contribution in [0.3, 0.4) is 0 Å². The van der Waals surface area contributed by atoms with Gasteiger partial charge in [-0.3, -0.25) is 38.6 Å². The zero-order chi connectivity index (χ0) is 40.5. The summed E-state index contributed by atoms with van der Waals surface area (Å²) in [6.07, 6.45) is -1.00. The molecule has 2 aromatic rings. The number of aliphatic hydroxyl groups excluding tert-OH is 2. The first-order valence-electron chi connectivity index (χ1n) is 16.6. The highest BCUT2D eigenvalue weighted by atomic mass is 32.2. The van der Waals surface area contributed by atoms with Gasteiger partial charge in [0.15, 0.2) is 17.7 Å². The number of thiol groups is 1. The Morgan fingerprint density at radius 1 is 1.06 bits per heavy atom. The van der Waals surface area contributed by atoms with Gasteiger partial charge in [-0.25, -0.2) is 28.6 Å². The normalized spacial score (nSPS) is 23.0. The van der Waals surface area contributed by atoms with Gasteiger partial charge in [0.1, 0.15) is 36.3 Å². The largest absolute Gasteiger partial charge is 0.481 e. The molecule has 1 saturated heterocycles. The molecule has 0 radical (unpaired) electrons. The van der Waals surface area contributed by atoms with Gasteiger partial charge in [0, 0.05) is 24.9 Å². The Balaban J connectivity index is 1.51. The highest BCUT2D eigenvalue weighted by Crippen LogP contribution is 2.61. The lowest BCUT2D eigenvalue weighted by molar-refractivity contribution is -0.137. The van der Waals surface area contributed by atoms with Gasteiger partial charge in [0.25, 0.3) is 0 Å². The first kappa shape index (κ1) is 46.3. The van der Waals surface area contributed by atoms with Crippen molar-refractivity contribution >= 4 is 63.2 Å². The number of hydrogen-bond acceptors (Lipinski definition) is 16. The van der Waals surface area contributed by atoms with Crippen molar-refractivity contribution in [2.24, 2.45) is 5.41 Å². The first-order chi connectivity index (χ1) is 25.1. The second-order valence-corrected chi connectivity index (χ2v) is 19.9. The number of carbonyl (C=O) groups is 2. The topological polar surface area (TPSA) is 347 Å². The number of unbranched alkanes of at least 4 members (excludes halogenated alkanes) is 2. The number of ether oxygens (including phenoxy) is 1. The summed E-state index contributed by atoms with van der Waals surface area (Å²) >= 11 is 0. The van der Waals surface area contributed by atoms with Crippen molar-refractivity contribution < 1.29 is 75.7 Å². The molecule has 54 heavy (non-hydrogen) atoms. The van der Waals surface area contributed by atoms with Crippen molar-refractivity contribution in [2.75, 3.05) is 49.8 Å². The van der Waals surface area contributed by atoms with E-state index in [4.69, 9.17) is 19.5 Å². The summed E-state index contributed by atoms with van der Waals surface area (Å²) in [5, 5.41) is 26.6. The first-order valence-corrected chi connectivity index (χ1v) is 23.3. The fourth-order valence-corrected chi connectivity index (χ4v) is 9.38. The zero-order valence-corrected chi connectivity index (χ0v) is 33.6. The van der Waals surface area contributed by atoms with Crippen LogP contribution in [0, 0.1) is 5.41 Å². The summed E-state index contributed by atoms with van der Waals surface area (Å²) in [5.74, 6) is 0.783. The minimum atomic E-state index is -5.54. The Morgan fingerprint density at radius 2 is 1.74 bits per heavy atom. The Bertz CT molecular complexity index is 1720. The molecule has 1 aliphatic rings. The van der Waals surface area contributed by atoms with E-state index in [0.717, 1.165) is 41.6 Å². The molecule has 3 rings (SSSR count). The number of carbonyl (C=O) groups excluding carboxylic acids is 2. The van der Waals surface area contributed by atoms with Gasteiger partial charge in [-0.15, -0.1) is 0 Å². The van der Waals surface area contributed by atoms with Crippen LogP contribution in [0.4, 0.5) is 5.82 Å². The highest BCUT2D eigenvalue weighted by molar-refractivity contribution is 8.16. The molecule has 2 amide bonds. The molecule has 310 valence electrons. The van der Waals surface area contributed by atoms with E-state index in [1.54, 1.807) is 0 Å². The molecule has 1 aliphatic heterocycles. The summed E-state index contributed by atoms with van der Waals surface area (Å²) in [7, 11) is -16.5. The third-order valence-electron chi connectivity index (χ3n) is 8.04. The summed E-state index contributed by atoms with van der Waals surface area (Å²) in [5.41, 5.74) is 4.33. The predicted octanol–water partition coefficient (Wildman–Crippen LogP) is 0.226. The Hall–Kier alpha value is -2.11. The average molecular weight is 854 g/mol. The maximum absolute atomic E-state index is 12.7. The van der Waals surface area contributed by atoms with Crippen LogP contribution < -0.4 is 16.4 Å². The quantitative estimate of drug-likeness (QED) is 0.0406. The van der Waals surface area contributed by atoms with Crippen LogP contribution in [0.2, 0.25) is 0 Å². The van der Waals surface area contributed by atoms with E-state index in [0.29, 0.717) is 6.54 Å². The lowest BCUT2D eigenvalue weighted by atomic mass is 9.87. The maximum atomic E-state index is 12.7. The fourth-order valence-electron chi connectivity index (χ4n) is 5.07. The molecular formula is C27H50N7O16P3S. The third kappa shape index (κ3) is 14.1. The average Bonchev–Trinajstić information content (AvgIpc) is 3.62. The number of phosphoric ester groups is 3. The molecule has 3 unspecified atom stereocenters. The van der Waals surface area contributed by atoms with E-state index < -0.39 is 78.6 Å². The van der Waals surface area contributed by atoms with Crippen LogP contribution in [-0.2, 0) is 45.9 Å². The number of rotatable bonds is 23. The van der Waals surface area contributed by atoms with Crippen LogP contribution in [0.15, 0.2) is 12.7 Å². The summed E-state index contributed by atoms with van der Waals surface area (Å²) in [4.78, 5) is 75.7. The number of hydrogen-bond donors (Lipinski definition) is 10. The van der Waals surface area contributed by atoms with E-state index in [2.05, 4.69) is 47.6 Å². The van der Waals surface area contributed by atoms with Gasteiger partial charge in [0.05, 0.1) is 19.5 Å². The number of anilines is 1. The van der Waals surface area contributed by atoms with Gasteiger partial charge in [-0.1, -0.05) is 33.6 Å². The molecule has 0 aliphatic carbocycles. The van der Waals surface area contributed by atoms with E-state index in [-0.39, 0.29) is 46.7 Å². The molecule has 23 nitrogen and oxygen atoms in total. The summed E-state index contributed by atoms with van der Waals surface area (Å²) < 4.78 is 62.2. The van der Waals surface area contributed by atoms with Crippen LogP contribution in [0.25, 0.3) is 11.2 Å². The third-order valence-corrected chi connectivity index (χ3v) is 13.2. The molecule has 27 heteroatoms. The Kier molecular flexibility index (Phi) is 17.0. The van der Waals surface area contributed by atoms with Crippen LogP contribution in [0.1, 0.15) is 52.7 Å². The minimum absolute atomic E-state index is 0.0328. The second kappa shape index (κ2) is 19.8. The molecule has 2 aromatic heterocycles. The summed E-state index contributed by atoms with van der Waals surface area (Å²) in [6, 6.07) is 0.